The topological polar surface area (TPSA) is 74.8 Å². The van der Waals surface area contributed by atoms with Crippen molar-refractivity contribution in [1.82, 2.24) is 9.13 Å². The standard InChI is InChI=1S/C33H29N3O4S/c1-4-35-20-23(25-16-9-10-17-26(25)35)19-27-31(37)36-30(22-14-11-15-24(18-22)39-3)28(32(38)40-5-2)29(34-33(36)41-27)21-12-7-6-8-13-21/h6-20,30H,4-5H2,1-3H3/b27-19+. The average Bonchev–Trinajstić information content (AvgIpc) is 3.53. The van der Waals surface area contributed by atoms with E-state index in [0.717, 1.165) is 34.1 Å². The summed E-state index contributed by atoms with van der Waals surface area (Å²) in [6.07, 6.45) is 4.00. The molecule has 0 spiro atoms. The Labute approximate surface area is 240 Å². The molecule has 0 fully saturated rings. The summed E-state index contributed by atoms with van der Waals surface area (Å²) in [4.78, 5) is 33.3. The number of para-hydroxylation sites is 1. The number of methoxy groups -OCH3 is 1. The van der Waals surface area contributed by atoms with Crippen molar-refractivity contribution in [2.45, 2.75) is 26.4 Å². The summed E-state index contributed by atoms with van der Waals surface area (Å²) >= 11 is 1.32. The second-order valence-electron chi connectivity index (χ2n) is 9.60. The maximum atomic E-state index is 14.2. The van der Waals surface area contributed by atoms with Crippen LogP contribution in [0.25, 0.3) is 22.7 Å². The van der Waals surface area contributed by atoms with Gasteiger partial charge < -0.3 is 14.0 Å². The molecular formula is C33H29N3O4S. The quantitative estimate of drug-likeness (QED) is 0.264. The van der Waals surface area contributed by atoms with Crippen molar-refractivity contribution < 1.29 is 14.3 Å². The van der Waals surface area contributed by atoms with Gasteiger partial charge in [-0.05, 0) is 43.7 Å². The number of aromatic nitrogens is 2. The largest absolute Gasteiger partial charge is 0.497 e. The van der Waals surface area contributed by atoms with Crippen LogP contribution in [-0.4, -0.2) is 28.8 Å². The van der Waals surface area contributed by atoms with Crippen molar-refractivity contribution >= 4 is 40.0 Å². The third-order valence-electron chi connectivity index (χ3n) is 7.23. The Bertz CT molecular complexity index is 1980. The molecule has 2 aromatic heterocycles. The zero-order valence-electron chi connectivity index (χ0n) is 23.0. The average molecular weight is 564 g/mol. The maximum Gasteiger partial charge on any atom is 0.338 e. The van der Waals surface area contributed by atoms with Crippen LogP contribution in [0.5, 0.6) is 5.75 Å². The molecule has 1 atom stereocenters. The van der Waals surface area contributed by atoms with Gasteiger partial charge in [-0.25, -0.2) is 9.79 Å². The lowest BCUT2D eigenvalue weighted by atomic mass is 9.93. The number of esters is 1. The minimum absolute atomic E-state index is 0.196. The number of carbonyl (C=O) groups excluding carboxylic acids is 1. The van der Waals surface area contributed by atoms with Gasteiger partial charge in [0.2, 0.25) is 0 Å². The van der Waals surface area contributed by atoms with Crippen molar-refractivity contribution in [3.63, 3.8) is 0 Å². The van der Waals surface area contributed by atoms with Crippen LogP contribution >= 0.6 is 11.3 Å². The van der Waals surface area contributed by atoms with Gasteiger partial charge in [0, 0.05) is 34.8 Å². The molecule has 0 saturated carbocycles. The summed E-state index contributed by atoms with van der Waals surface area (Å²) < 4.78 is 15.4. The predicted molar refractivity (Wildman–Crippen MR) is 162 cm³/mol. The second kappa shape index (κ2) is 11.1. The number of ether oxygens (including phenoxy) is 2. The fourth-order valence-electron chi connectivity index (χ4n) is 5.36. The highest BCUT2D eigenvalue weighted by atomic mass is 32.1. The number of aryl methyl sites for hydroxylation is 1. The molecule has 5 aromatic rings. The number of thiazole rings is 1. The Morgan fingerprint density at radius 2 is 1.80 bits per heavy atom. The van der Waals surface area contributed by atoms with Gasteiger partial charge in [-0.15, -0.1) is 0 Å². The maximum absolute atomic E-state index is 14.2. The lowest BCUT2D eigenvalue weighted by molar-refractivity contribution is -0.138. The van der Waals surface area contributed by atoms with Crippen LogP contribution in [0.4, 0.5) is 0 Å². The highest BCUT2D eigenvalue weighted by Crippen LogP contribution is 2.36. The number of nitrogens with zero attached hydrogens (tertiary/aromatic N) is 3. The summed E-state index contributed by atoms with van der Waals surface area (Å²) in [5.74, 6) is 0.113. The molecule has 3 aromatic carbocycles. The molecule has 7 nitrogen and oxygen atoms in total. The van der Waals surface area contributed by atoms with Gasteiger partial charge in [-0.1, -0.05) is 72.0 Å². The normalized spacial score (nSPS) is 15.1. The third-order valence-corrected chi connectivity index (χ3v) is 8.21. The molecule has 3 heterocycles. The predicted octanol–water partition coefficient (Wildman–Crippen LogP) is 4.92. The smallest absolute Gasteiger partial charge is 0.338 e. The molecule has 0 N–H and O–H groups in total. The van der Waals surface area contributed by atoms with Gasteiger partial charge in [0.1, 0.15) is 5.75 Å². The van der Waals surface area contributed by atoms with E-state index in [-0.39, 0.29) is 12.2 Å². The zero-order valence-corrected chi connectivity index (χ0v) is 23.9. The van der Waals surface area contributed by atoms with Crippen LogP contribution in [0, 0.1) is 0 Å². The lowest BCUT2D eigenvalue weighted by Gasteiger charge is -2.26. The third kappa shape index (κ3) is 4.70. The van der Waals surface area contributed by atoms with Gasteiger partial charge in [0.25, 0.3) is 5.56 Å². The summed E-state index contributed by atoms with van der Waals surface area (Å²) in [7, 11) is 1.59. The summed E-state index contributed by atoms with van der Waals surface area (Å²) in [5, 5.41) is 1.07. The number of fused-ring (bicyclic) bond motifs is 2. The van der Waals surface area contributed by atoms with E-state index in [1.165, 1.54) is 11.3 Å². The molecule has 0 bridgehead atoms. The van der Waals surface area contributed by atoms with Crippen molar-refractivity contribution in [3.05, 3.63) is 127 Å². The van der Waals surface area contributed by atoms with Crippen molar-refractivity contribution in [2.24, 2.45) is 4.99 Å². The Morgan fingerprint density at radius 3 is 2.56 bits per heavy atom. The van der Waals surface area contributed by atoms with E-state index in [9.17, 15) is 9.59 Å². The second-order valence-corrected chi connectivity index (χ2v) is 10.6. The number of hydrogen-bond donors (Lipinski definition) is 0. The Morgan fingerprint density at radius 1 is 1.02 bits per heavy atom. The van der Waals surface area contributed by atoms with Crippen LogP contribution in [0.3, 0.4) is 0 Å². The van der Waals surface area contributed by atoms with Crippen LogP contribution in [0.15, 0.2) is 100 Å². The first-order chi connectivity index (χ1) is 20.0. The SMILES string of the molecule is CCOC(=O)C1=C(c2ccccc2)N=c2s/c(=C/c3cn(CC)c4ccccc34)c(=O)n2C1c1cccc(OC)c1. The van der Waals surface area contributed by atoms with Crippen molar-refractivity contribution in [2.75, 3.05) is 13.7 Å². The Balaban J connectivity index is 1.66. The Kier molecular flexibility index (Phi) is 7.15. The highest BCUT2D eigenvalue weighted by Gasteiger charge is 2.35. The molecule has 0 amide bonds. The Hall–Kier alpha value is -4.69. The highest BCUT2D eigenvalue weighted by molar-refractivity contribution is 7.07. The molecule has 206 valence electrons. The number of benzene rings is 3. The van der Waals surface area contributed by atoms with E-state index in [1.807, 2.05) is 72.8 Å². The van der Waals surface area contributed by atoms with E-state index in [1.54, 1.807) is 18.6 Å². The first-order valence-corrected chi connectivity index (χ1v) is 14.4. The van der Waals surface area contributed by atoms with Gasteiger partial charge in [0.05, 0.1) is 35.6 Å². The van der Waals surface area contributed by atoms with E-state index in [4.69, 9.17) is 14.5 Å². The van der Waals surface area contributed by atoms with Gasteiger partial charge >= 0.3 is 5.97 Å². The fraction of sp³-hybridized carbons (Fsp3) is 0.182. The van der Waals surface area contributed by atoms with E-state index >= 15 is 0 Å². The van der Waals surface area contributed by atoms with Crippen molar-refractivity contribution in [1.29, 1.82) is 0 Å². The molecule has 0 saturated heterocycles. The molecule has 6 rings (SSSR count). The number of rotatable bonds is 7. The lowest BCUT2D eigenvalue weighted by Crippen LogP contribution is -2.40. The van der Waals surface area contributed by atoms with Gasteiger partial charge in [-0.2, -0.15) is 0 Å². The minimum atomic E-state index is -0.755. The molecular weight excluding hydrogens is 534 g/mol. The van der Waals surface area contributed by atoms with Crippen LogP contribution in [0.1, 0.15) is 36.6 Å². The summed E-state index contributed by atoms with van der Waals surface area (Å²) in [5.41, 5.74) is 4.15. The van der Waals surface area contributed by atoms with Gasteiger partial charge in [0.15, 0.2) is 4.80 Å². The molecule has 8 heteroatoms. The molecule has 0 aliphatic carbocycles. The molecule has 1 aliphatic rings. The summed E-state index contributed by atoms with van der Waals surface area (Å²) in [6.45, 7) is 4.87. The number of carbonyl (C=O) groups is 1. The van der Waals surface area contributed by atoms with Gasteiger partial charge in [-0.3, -0.25) is 9.36 Å². The van der Waals surface area contributed by atoms with Crippen LogP contribution in [0.2, 0.25) is 0 Å². The molecule has 0 radical (unpaired) electrons. The molecule has 1 aliphatic heterocycles. The summed E-state index contributed by atoms with van der Waals surface area (Å²) in [6, 6.07) is 24.4. The molecule has 41 heavy (non-hydrogen) atoms. The fourth-order valence-corrected chi connectivity index (χ4v) is 6.35. The van der Waals surface area contributed by atoms with E-state index in [0.29, 0.717) is 26.4 Å². The van der Waals surface area contributed by atoms with E-state index in [2.05, 4.69) is 29.8 Å². The minimum Gasteiger partial charge on any atom is -0.497 e. The first-order valence-electron chi connectivity index (χ1n) is 13.5. The molecule has 1 unspecified atom stereocenters. The van der Waals surface area contributed by atoms with Crippen molar-refractivity contribution in [3.8, 4) is 5.75 Å². The number of hydrogen-bond acceptors (Lipinski definition) is 6. The van der Waals surface area contributed by atoms with E-state index < -0.39 is 12.0 Å². The van der Waals surface area contributed by atoms with Crippen LogP contribution in [-0.2, 0) is 16.1 Å². The first kappa shape index (κ1) is 26.5. The zero-order chi connectivity index (χ0) is 28.5. The van der Waals surface area contributed by atoms with Crippen LogP contribution < -0.4 is 19.6 Å². The monoisotopic (exact) mass is 563 g/mol.